The quantitative estimate of drug-likeness (QED) is 0.859. The summed E-state index contributed by atoms with van der Waals surface area (Å²) in [6.45, 7) is 0. The first-order chi connectivity index (χ1) is 9.72. The van der Waals surface area contributed by atoms with E-state index in [-0.39, 0.29) is 11.8 Å². The molecule has 20 heavy (non-hydrogen) atoms. The molecule has 4 nitrogen and oxygen atoms in total. The van der Waals surface area contributed by atoms with Gasteiger partial charge in [-0.25, -0.2) is 4.79 Å². The van der Waals surface area contributed by atoms with Gasteiger partial charge in [0.2, 0.25) is 5.91 Å². The van der Waals surface area contributed by atoms with E-state index in [2.05, 4.69) is 5.32 Å². The number of rotatable bonds is 4. The number of carbonyl (C=O) groups excluding carboxylic acids is 2. The van der Waals surface area contributed by atoms with E-state index in [0.29, 0.717) is 0 Å². The minimum absolute atomic E-state index is 0.0274. The first-order valence-corrected chi connectivity index (χ1v) is 7.15. The topological polar surface area (TPSA) is 55.4 Å². The van der Waals surface area contributed by atoms with Gasteiger partial charge in [0.05, 0.1) is 7.11 Å². The molecule has 4 heteroatoms. The Labute approximate surface area is 119 Å². The molecule has 0 radical (unpaired) electrons. The van der Waals surface area contributed by atoms with E-state index in [4.69, 9.17) is 4.74 Å². The van der Waals surface area contributed by atoms with Gasteiger partial charge in [0, 0.05) is 5.92 Å². The van der Waals surface area contributed by atoms with Gasteiger partial charge in [-0.1, -0.05) is 49.6 Å². The van der Waals surface area contributed by atoms with Gasteiger partial charge in [-0.05, 0) is 18.4 Å². The Morgan fingerprint density at radius 1 is 1.15 bits per heavy atom. The van der Waals surface area contributed by atoms with Crippen molar-refractivity contribution in [1.29, 1.82) is 0 Å². The van der Waals surface area contributed by atoms with Crippen molar-refractivity contribution in [2.75, 3.05) is 7.11 Å². The molecule has 0 saturated heterocycles. The van der Waals surface area contributed by atoms with Crippen molar-refractivity contribution in [2.45, 2.75) is 38.1 Å². The number of esters is 1. The highest BCUT2D eigenvalue weighted by atomic mass is 16.5. The number of hydrogen-bond acceptors (Lipinski definition) is 3. The number of benzene rings is 1. The van der Waals surface area contributed by atoms with Crippen LogP contribution in [-0.2, 0) is 14.3 Å². The Morgan fingerprint density at radius 2 is 1.80 bits per heavy atom. The summed E-state index contributed by atoms with van der Waals surface area (Å²) < 4.78 is 4.80. The van der Waals surface area contributed by atoms with Gasteiger partial charge in [-0.2, -0.15) is 0 Å². The lowest BCUT2D eigenvalue weighted by Crippen LogP contribution is -2.38. The van der Waals surface area contributed by atoms with Crippen LogP contribution in [0.4, 0.5) is 0 Å². The zero-order valence-corrected chi connectivity index (χ0v) is 11.8. The van der Waals surface area contributed by atoms with Crippen LogP contribution < -0.4 is 5.32 Å². The molecule has 0 spiro atoms. The molecular formula is C16H21NO3. The number of carbonyl (C=O) groups is 2. The molecule has 1 saturated carbocycles. The number of amides is 1. The Kier molecular flexibility index (Phi) is 5.16. The maximum Gasteiger partial charge on any atom is 0.333 e. The summed E-state index contributed by atoms with van der Waals surface area (Å²) in [4.78, 5) is 24.2. The third kappa shape index (κ3) is 3.59. The van der Waals surface area contributed by atoms with Gasteiger partial charge < -0.3 is 10.1 Å². The molecule has 0 aliphatic heterocycles. The summed E-state index contributed by atoms with van der Waals surface area (Å²) in [6.07, 6.45) is 5.20. The van der Waals surface area contributed by atoms with Crippen LogP contribution in [0.1, 0.15) is 43.7 Å². The van der Waals surface area contributed by atoms with Gasteiger partial charge in [0.1, 0.15) is 0 Å². The first kappa shape index (κ1) is 14.6. The fourth-order valence-corrected chi connectivity index (χ4v) is 2.67. The van der Waals surface area contributed by atoms with Crippen molar-refractivity contribution >= 4 is 11.9 Å². The zero-order valence-electron chi connectivity index (χ0n) is 11.8. The van der Waals surface area contributed by atoms with Crippen molar-refractivity contribution < 1.29 is 14.3 Å². The molecule has 1 aliphatic rings. The molecule has 1 unspecified atom stereocenters. The molecule has 0 heterocycles. The molecule has 108 valence electrons. The average molecular weight is 275 g/mol. The van der Waals surface area contributed by atoms with Crippen molar-refractivity contribution in [3.63, 3.8) is 0 Å². The third-order valence-corrected chi connectivity index (χ3v) is 3.83. The highest BCUT2D eigenvalue weighted by Crippen LogP contribution is 2.25. The van der Waals surface area contributed by atoms with E-state index < -0.39 is 12.0 Å². The second-order valence-corrected chi connectivity index (χ2v) is 5.21. The fraction of sp³-hybridized carbons (Fsp3) is 0.500. The first-order valence-electron chi connectivity index (χ1n) is 7.15. The number of nitrogens with one attached hydrogen (secondary N) is 1. The van der Waals surface area contributed by atoms with Crippen LogP contribution in [0.2, 0.25) is 0 Å². The lowest BCUT2D eigenvalue weighted by Gasteiger charge is -2.24. The summed E-state index contributed by atoms with van der Waals surface area (Å²) >= 11 is 0. The number of methoxy groups -OCH3 is 1. The molecular weight excluding hydrogens is 254 g/mol. The van der Waals surface area contributed by atoms with Crippen molar-refractivity contribution in [1.82, 2.24) is 5.32 Å². The van der Waals surface area contributed by atoms with Crippen LogP contribution in [0, 0.1) is 5.92 Å². The van der Waals surface area contributed by atoms with E-state index in [1.54, 1.807) is 0 Å². The second kappa shape index (κ2) is 7.08. The molecule has 1 atom stereocenters. The van der Waals surface area contributed by atoms with Gasteiger partial charge in [0.25, 0.3) is 0 Å². The predicted octanol–water partition coefficient (Wildman–Crippen LogP) is 2.60. The van der Waals surface area contributed by atoms with Crippen LogP contribution in [0.3, 0.4) is 0 Å². The molecule has 0 aromatic heterocycles. The summed E-state index contributed by atoms with van der Waals surface area (Å²) in [6, 6.07) is 8.50. The smallest absolute Gasteiger partial charge is 0.333 e. The Hall–Kier alpha value is -1.84. The predicted molar refractivity (Wildman–Crippen MR) is 75.9 cm³/mol. The fourth-order valence-electron chi connectivity index (χ4n) is 2.67. The lowest BCUT2D eigenvalue weighted by atomic mass is 9.88. The molecule has 1 N–H and O–H groups in total. The number of hydrogen-bond donors (Lipinski definition) is 1. The van der Waals surface area contributed by atoms with E-state index in [1.165, 1.54) is 13.5 Å². The van der Waals surface area contributed by atoms with Crippen LogP contribution in [0.25, 0.3) is 0 Å². The third-order valence-electron chi connectivity index (χ3n) is 3.83. The highest BCUT2D eigenvalue weighted by Gasteiger charge is 2.28. The maximum atomic E-state index is 12.3. The minimum Gasteiger partial charge on any atom is -0.467 e. The van der Waals surface area contributed by atoms with Gasteiger partial charge in [-0.15, -0.1) is 0 Å². The molecule has 0 bridgehead atoms. The molecule has 1 amide bonds. The summed E-state index contributed by atoms with van der Waals surface area (Å²) in [7, 11) is 1.34. The van der Waals surface area contributed by atoms with Crippen molar-refractivity contribution in [3.8, 4) is 0 Å². The second-order valence-electron chi connectivity index (χ2n) is 5.21. The van der Waals surface area contributed by atoms with E-state index in [0.717, 1.165) is 31.2 Å². The van der Waals surface area contributed by atoms with Gasteiger partial charge >= 0.3 is 5.97 Å². The van der Waals surface area contributed by atoms with Crippen molar-refractivity contribution in [2.24, 2.45) is 5.92 Å². The van der Waals surface area contributed by atoms with E-state index in [9.17, 15) is 9.59 Å². The molecule has 1 fully saturated rings. The molecule has 1 aliphatic carbocycles. The standard InChI is InChI=1S/C16H21NO3/c1-20-16(19)14(12-8-4-2-5-9-12)17-15(18)13-10-6-3-7-11-13/h2,4-5,8-9,13-14H,3,6-7,10-11H2,1H3,(H,17,18). The highest BCUT2D eigenvalue weighted by molar-refractivity contribution is 5.86. The summed E-state index contributed by atoms with van der Waals surface area (Å²) in [5, 5.41) is 2.84. The Morgan fingerprint density at radius 3 is 2.40 bits per heavy atom. The molecule has 1 aromatic rings. The lowest BCUT2D eigenvalue weighted by molar-refractivity contribution is -0.146. The van der Waals surface area contributed by atoms with E-state index >= 15 is 0 Å². The largest absolute Gasteiger partial charge is 0.467 e. The Balaban J connectivity index is 2.08. The Bertz CT molecular complexity index is 452. The normalized spacial score (nSPS) is 17.2. The number of ether oxygens (including phenoxy) is 1. The van der Waals surface area contributed by atoms with Gasteiger partial charge in [-0.3, -0.25) is 4.79 Å². The minimum atomic E-state index is -0.712. The zero-order chi connectivity index (χ0) is 14.4. The molecule has 1 aromatic carbocycles. The van der Waals surface area contributed by atoms with Crippen LogP contribution in [0.15, 0.2) is 30.3 Å². The van der Waals surface area contributed by atoms with E-state index in [1.807, 2.05) is 30.3 Å². The van der Waals surface area contributed by atoms with Gasteiger partial charge in [0.15, 0.2) is 6.04 Å². The van der Waals surface area contributed by atoms with Crippen LogP contribution >= 0.6 is 0 Å². The summed E-state index contributed by atoms with van der Waals surface area (Å²) in [5.74, 6) is -0.441. The van der Waals surface area contributed by atoms with Crippen LogP contribution in [0.5, 0.6) is 0 Å². The maximum absolute atomic E-state index is 12.3. The summed E-state index contributed by atoms with van der Waals surface area (Å²) in [5.41, 5.74) is 0.753. The average Bonchev–Trinajstić information content (AvgIpc) is 2.53. The monoisotopic (exact) mass is 275 g/mol. The SMILES string of the molecule is COC(=O)C(NC(=O)C1CCCCC1)c1ccccc1. The van der Waals surface area contributed by atoms with Crippen molar-refractivity contribution in [3.05, 3.63) is 35.9 Å². The van der Waals surface area contributed by atoms with Crippen LogP contribution in [-0.4, -0.2) is 19.0 Å². The molecule has 2 rings (SSSR count).